The van der Waals surface area contributed by atoms with E-state index in [1.807, 2.05) is 6.07 Å². The Labute approximate surface area is 141 Å². The molecule has 2 N–H and O–H groups in total. The second-order valence-electron chi connectivity index (χ2n) is 6.51. The summed E-state index contributed by atoms with van der Waals surface area (Å²) >= 11 is 0. The van der Waals surface area contributed by atoms with Crippen LogP contribution >= 0.6 is 0 Å². The molecule has 1 amide bonds. The maximum Gasteiger partial charge on any atom is 0.261 e. The lowest BCUT2D eigenvalue weighted by atomic mass is 9.94. The predicted molar refractivity (Wildman–Crippen MR) is 93.7 cm³/mol. The number of nitrogens with zero attached hydrogens (tertiary/aromatic N) is 2. The molecule has 1 aromatic carbocycles. The van der Waals surface area contributed by atoms with Gasteiger partial charge in [0.15, 0.2) is 0 Å². The molecule has 6 nitrogen and oxygen atoms in total. The van der Waals surface area contributed by atoms with Crippen LogP contribution in [0, 0.1) is 11.8 Å². The van der Waals surface area contributed by atoms with E-state index in [4.69, 9.17) is 5.11 Å². The van der Waals surface area contributed by atoms with Gasteiger partial charge in [-0.2, -0.15) is 0 Å². The van der Waals surface area contributed by atoms with Crippen molar-refractivity contribution in [2.75, 3.05) is 13.2 Å². The third-order valence-electron chi connectivity index (χ3n) is 3.98. The molecule has 0 radical (unpaired) electrons. The highest BCUT2D eigenvalue weighted by molar-refractivity contribution is 5.78. The summed E-state index contributed by atoms with van der Waals surface area (Å²) in [6.07, 6.45) is 3.01. The minimum atomic E-state index is -0.221. The normalized spacial score (nSPS) is 12.5. The van der Waals surface area contributed by atoms with Crippen molar-refractivity contribution in [1.29, 1.82) is 0 Å². The number of amides is 1. The number of aliphatic hydroxyl groups is 1. The summed E-state index contributed by atoms with van der Waals surface area (Å²) in [5.74, 6) is 0.525. The molecule has 0 saturated heterocycles. The lowest BCUT2D eigenvalue weighted by Gasteiger charge is -2.18. The van der Waals surface area contributed by atoms with Crippen LogP contribution in [0.1, 0.15) is 26.7 Å². The second kappa shape index (κ2) is 8.59. The van der Waals surface area contributed by atoms with Crippen molar-refractivity contribution >= 4 is 16.8 Å². The van der Waals surface area contributed by atoms with Gasteiger partial charge in [0.2, 0.25) is 5.91 Å². The molecule has 0 bridgehead atoms. The first-order chi connectivity index (χ1) is 11.5. The van der Waals surface area contributed by atoms with Crippen molar-refractivity contribution in [2.24, 2.45) is 11.8 Å². The molecule has 1 heterocycles. The first-order valence-corrected chi connectivity index (χ1v) is 8.33. The van der Waals surface area contributed by atoms with Gasteiger partial charge in [0, 0.05) is 13.2 Å². The predicted octanol–water partition coefficient (Wildman–Crippen LogP) is 1.56. The lowest BCUT2D eigenvalue weighted by molar-refractivity contribution is -0.122. The van der Waals surface area contributed by atoms with Crippen LogP contribution in [0.3, 0.4) is 0 Å². The number of rotatable bonds is 8. The highest BCUT2D eigenvalue weighted by Gasteiger charge is 2.13. The molecule has 6 heteroatoms. The molecule has 24 heavy (non-hydrogen) atoms. The number of fused-ring (bicyclic) bond motifs is 1. The number of para-hydroxylation sites is 1. The molecule has 2 rings (SSSR count). The van der Waals surface area contributed by atoms with Crippen LogP contribution in [0.15, 0.2) is 35.4 Å². The minimum absolute atomic E-state index is 0.0514. The van der Waals surface area contributed by atoms with E-state index in [9.17, 15) is 9.59 Å². The molecule has 1 aromatic heterocycles. The molecule has 1 unspecified atom stereocenters. The van der Waals surface area contributed by atoms with Gasteiger partial charge in [0.25, 0.3) is 5.56 Å². The fourth-order valence-electron chi connectivity index (χ4n) is 2.84. The number of carbonyl (C=O) groups is 1. The van der Waals surface area contributed by atoms with E-state index in [0.717, 1.165) is 6.42 Å². The van der Waals surface area contributed by atoms with Gasteiger partial charge in [-0.3, -0.25) is 14.2 Å². The quantitative estimate of drug-likeness (QED) is 0.769. The van der Waals surface area contributed by atoms with Crippen molar-refractivity contribution in [2.45, 2.75) is 33.2 Å². The zero-order valence-electron chi connectivity index (χ0n) is 14.2. The van der Waals surface area contributed by atoms with E-state index >= 15 is 0 Å². The summed E-state index contributed by atoms with van der Waals surface area (Å²) < 4.78 is 1.32. The van der Waals surface area contributed by atoms with Crippen molar-refractivity contribution < 1.29 is 9.90 Å². The van der Waals surface area contributed by atoms with Gasteiger partial charge in [0.1, 0.15) is 6.54 Å². The number of aliphatic hydroxyl groups excluding tert-OH is 1. The Morgan fingerprint density at radius 2 is 2.08 bits per heavy atom. The maximum atomic E-state index is 12.4. The molecule has 0 aliphatic heterocycles. The third-order valence-corrected chi connectivity index (χ3v) is 3.98. The van der Waals surface area contributed by atoms with Crippen LogP contribution in [0.4, 0.5) is 0 Å². The van der Waals surface area contributed by atoms with Gasteiger partial charge in [-0.1, -0.05) is 26.0 Å². The Bertz CT molecular complexity index is 740. The van der Waals surface area contributed by atoms with Crippen LogP contribution in [-0.2, 0) is 11.3 Å². The van der Waals surface area contributed by atoms with Crippen LogP contribution in [0.25, 0.3) is 10.9 Å². The fraction of sp³-hybridized carbons (Fsp3) is 0.500. The van der Waals surface area contributed by atoms with E-state index in [2.05, 4.69) is 24.1 Å². The Morgan fingerprint density at radius 1 is 1.33 bits per heavy atom. The van der Waals surface area contributed by atoms with Gasteiger partial charge in [-0.15, -0.1) is 0 Å². The molecule has 0 saturated carbocycles. The van der Waals surface area contributed by atoms with Crippen molar-refractivity contribution in [1.82, 2.24) is 14.9 Å². The Hall–Kier alpha value is -2.21. The van der Waals surface area contributed by atoms with Gasteiger partial charge in [-0.25, -0.2) is 4.98 Å². The monoisotopic (exact) mass is 331 g/mol. The first kappa shape index (κ1) is 18.1. The van der Waals surface area contributed by atoms with E-state index < -0.39 is 0 Å². The molecule has 0 aliphatic rings. The average molecular weight is 331 g/mol. The van der Waals surface area contributed by atoms with E-state index in [1.54, 1.807) is 18.2 Å². The van der Waals surface area contributed by atoms with Crippen LogP contribution in [0.5, 0.6) is 0 Å². The van der Waals surface area contributed by atoms with Crippen molar-refractivity contribution in [3.63, 3.8) is 0 Å². The standard InChI is InChI=1S/C18H25N3O3/c1-13(2)9-14(7-8-22)10-19-17(23)11-21-12-20-16-6-4-3-5-15(16)18(21)24/h3-6,12-14,22H,7-11H2,1-2H3,(H,19,23). The SMILES string of the molecule is CC(C)CC(CCO)CNC(=O)Cn1cnc2ccccc2c1=O. The van der Waals surface area contributed by atoms with Crippen LogP contribution < -0.4 is 10.9 Å². The molecule has 130 valence electrons. The van der Waals surface area contributed by atoms with Crippen LogP contribution in [-0.4, -0.2) is 33.7 Å². The van der Waals surface area contributed by atoms with Gasteiger partial charge >= 0.3 is 0 Å². The number of hydrogen-bond acceptors (Lipinski definition) is 4. The molecule has 2 aromatic rings. The number of benzene rings is 1. The van der Waals surface area contributed by atoms with Gasteiger partial charge in [-0.05, 0) is 36.8 Å². The highest BCUT2D eigenvalue weighted by Crippen LogP contribution is 2.14. The van der Waals surface area contributed by atoms with Crippen LogP contribution in [0.2, 0.25) is 0 Å². The van der Waals surface area contributed by atoms with Gasteiger partial charge in [0.05, 0.1) is 17.2 Å². The fourth-order valence-corrected chi connectivity index (χ4v) is 2.84. The van der Waals surface area contributed by atoms with E-state index in [-0.39, 0.29) is 30.5 Å². The number of nitrogens with one attached hydrogen (secondary N) is 1. The minimum Gasteiger partial charge on any atom is -0.396 e. The Morgan fingerprint density at radius 3 is 2.79 bits per heavy atom. The smallest absolute Gasteiger partial charge is 0.261 e. The summed E-state index contributed by atoms with van der Waals surface area (Å²) in [6, 6.07) is 7.08. The average Bonchev–Trinajstić information content (AvgIpc) is 2.55. The molecular weight excluding hydrogens is 306 g/mol. The number of carbonyl (C=O) groups excluding carboxylic acids is 1. The summed E-state index contributed by atoms with van der Waals surface area (Å²) in [6.45, 7) is 4.80. The Kier molecular flexibility index (Phi) is 6.49. The summed E-state index contributed by atoms with van der Waals surface area (Å²) in [4.78, 5) is 28.7. The molecule has 1 atom stereocenters. The molecule has 0 spiro atoms. The number of hydrogen-bond donors (Lipinski definition) is 2. The lowest BCUT2D eigenvalue weighted by Crippen LogP contribution is -2.35. The largest absolute Gasteiger partial charge is 0.396 e. The van der Waals surface area contributed by atoms with E-state index in [1.165, 1.54) is 10.9 Å². The van der Waals surface area contributed by atoms with Crippen molar-refractivity contribution in [3.05, 3.63) is 40.9 Å². The second-order valence-corrected chi connectivity index (χ2v) is 6.51. The molecule has 0 aliphatic carbocycles. The highest BCUT2D eigenvalue weighted by atomic mass is 16.3. The number of aromatic nitrogens is 2. The summed E-state index contributed by atoms with van der Waals surface area (Å²) in [5, 5.41) is 12.5. The first-order valence-electron chi connectivity index (χ1n) is 8.33. The Balaban J connectivity index is 1.99. The summed E-state index contributed by atoms with van der Waals surface area (Å²) in [7, 11) is 0. The molecule has 0 fully saturated rings. The zero-order chi connectivity index (χ0) is 17.5. The van der Waals surface area contributed by atoms with Gasteiger partial charge < -0.3 is 10.4 Å². The maximum absolute atomic E-state index is 12.4. The van der Waals surface area contributed by atoms with E-state index in [0.29, 0.717) is 29.8 Å². The third kappa shape index (κ3) is 4.89. The van der Waals surface area contributed by atoms with Crippen molar-refractivity contribution in [3.8, 4) is 0 Å². The summed E-state index contributed by atoms with van der Waals surface area (Å²) in [5.41, 5.74) is 0.406. The topological polar surface area (TPSA) is 84.2 Å². The molecular formula is C18H25N3O3. The zero-order valence-corrected chi connectivity index (χ0v) is 14.2.